The van der Waals surface area contributed by atoms with Crippen LogP contribution in [0.1, 0.15) is 15.9 Å². The van der Waals surface area contributed by atoms with Crippen LogP contribution in [0.4, 0.5) is 10.8 Å². The molecule has 7 nitrogen and oxygen atoms in total. The van der Waals surface area contributed by atoms with Crippen molar-refractivity contribution in [3.05, 3.63) is 150 Å². The number of hydrogen-bond donors (Lipinski definition) is 3. The summed E-state index contributed by atoms with van der Waals surface area (Å²) in [6.45, 7) is 0. The Hall–Kier alpha value is -5.51. The van der Waals surface area contributed by atoms with Gasteiger partial charge in [0.1, 0.15) is 5.70 Å². The number of thiazole rings is 1. The van der Waals surface area contributed by atoms with E-state index in [0.29, 0.717) is 16.4 Å². The van der Waals surface area contributed by atoms with Crippen LogP contribution in [0.2, 0.25) is 0 Å². The maximum Gasteiger partial charge on any atom is 0.272 e. The Morgan fingerprint density at radius 2 is 1.48 bits per heavy atom. The quantitative estimate of drug-likeness (QED) is 0.104. The van der Waals surface area contributed by atoms with E-state index in [0.717, 1.165) is 32.5 Å². The predicted molar refractivity (Wildman–Crippen MR) is 188 cm³/mol. The van der Waals surface area contributed by atoms with Gasteiger partial charge in [-0.3, -0.25) is 14.4 Å². The SMILES string of the molecule is O=C(CSc1cccc(NC(=O)/C(=C\c2cccc3ccccc23)NC(=O)c2ccccc2)c1)Nc1nc(-c2ccccc2)cs1. The van der Waals surface area contributed by atoms with E-state index >= 15 is 0 Å². The van der Waals surface area contributed by atoms with Gasteiger partial charge in [-0.15, -0.1) is 23.1 Å². The van der Waals surface area contributed by atoms with Gasteiger partial charge < -0.3 is 16.0 Å². The molecule has 0 aliphatic rings. The number of amides is 3. The molecular formula is C37H28N4O3S2. The Balaban J connectivity index is 1.14. The minimum atomic E-state index is -0.477. The number of fused-ring (bicyclic) bond motifs is 1. The van der Waals surface area contributed by atoms with E-state index in [1.807, 2.05) is 90.3 Å². The molecule has 0 aliphatic carbocycles. The molecule has 46 heavy (non-hydrogen) atoms. The second-order valence-corrected chi connectivity index (χ2v) is 12.1. The van der Waals surface area contributed by atoms with Crippen molar-refractivity contribution in [1.29, 1.82) is 0 Å². The van der Waals surface area contributed by atoms with Crippen LogP contribution in [-0.4, -0.2) is 28.5 Å². The van der Waals surface area contributed by atoms with E-state index < -0.39 is 11.8 Å². The zero-order chi connectivity index (χ0) is 31.7. The van der Waals surface area contributed by atoms with Gasteiger partial charge in [0.05, 0.1) is 11.4 Å². The third-order valence-electron chi connectivity index (χ3n) is 6.93. The molecule has 0 saturated heterocycles. The third-order valence-corrected chi connectivity index (χ3v) is 8.69. The number of carbonyl (C=O) groups is 3. The van der Waals surface area contributed by atoms with Crippen LogP contribution in [0, 0.1) is 0 Å². The minimum absolute atomic E-state index is 0.0981. The standard InChI is InChI=1S/C37H28N4O3S2/c42-34(41-37-40-33(23-46-37)26-12-3-1-4-13-26)24-45-30-19-10-18-29(22-30)38-36(44)32(39-35(43)27-14-5-2-6-15-27)21-28-17-9-16-25-11-7-8-20-31(25)28/h1-23H,24H2,(H,38,44)(H,39,43)(H,40,41,42)/b32-21+. The van der Waals surface area contributed by atoms with Gasteiger partial charge in [-0.2, -0.15) is 0 Å². The first-order valence-electron chi connectivity index (χ1n) is 14.4. The highest BCUT2D eigenvalue weighted by molar-refractivity contribution is 8.00. The van der Waals surface area contributed by atoms with Gasteiger partial charge in [-0.25, -0.2) is 4.98 Å². The molecule has 0 unspecified atom stereocenters. The smallest absolute Gasteiger partial charge is 0.272 e. The zero-order valence-electron chi connectivity index (χ0n) is 24.5. The lowest BCUT2D eigenvalue weighted by atomic mass is 10.0. The fourth-order valence-corrected chi connectivity index (χ4v) is 6.20. The van der Waals surface area contributed by atoms with E-state index in [2.05, 4.69) is 20.9 Å². The maximum atomic E-state index is 13.6. The van der Waals surface area contributed by atoms with E-state index in [9.17, 15) is 14.4 Å². The van der Waals surface area contributed by atoms with Crippen LogP contribution >= 0.6 is 23.1 Å². The molecule has 1 aromatic heterocycles. The summed E-state index contributed by atoms with van der Waals surface area (Å²) in [5.74, 6) is -0.891. The molecule has 3 amide bonds. The summed E-state index contributed by atoms with van der Waals surface area (Å²) in [5, 5.41) is 13.0. The molecule has 3 N–H and O–H groups in total. The molecule has 0 bridgehead atoms. The summed E-state index contributed by atoms with van der Waals surface area (Å²) < 4.78 is 0. The molecule has 6 aromatic rings. The van der Waals surface area contributed by atoms with Crippen LogP contribution in [0.25, 0.3) is 28.1 Å². The van der Waals surface area contributed by atoms with Crippen LogP contribution in [-0.2, 0) is 9.59 Å². The van der Waals surface area contributed by atoms with Gasteiger partial charge in [0.15, 0.2) is 5.13 Å². The van der Waals surface area contributed by atoms with Gasteiger partial charge in [0, 0.05) is 27.1 Å². The number of hydrogen-bond acceptors (Lipinski definition) is 6. The molecule has 0 fully saturated rings. The van der Waals surface area contributed by atoms with Gasteiger partial charge in [-0.05, 0) is 52.7 Å². The van der Waals surface area contributed by atoms with E-state index in [-0.39, 0.29) is 17.4 Å². The van der Waals surface area contributed by atoms with Gasteiger partial charge >= 0.3 is 0 Å². The molecular weight excluding hydrogens is 613 g/mol. The van der Waals surface area contributed by atoms with Crippen molar-refractivity contribution < 1.29 is 14.4 Å². The first-order valence-corrected chi connectivity index (χ1v) is 16.3. The average molecular weight is 641 g/mol. The van der Waals surface area contributed by atoms with Crippen molar-refractivity contribution in [3.63, 3.8) is 0 Å². The van der Waals surface area contributed by atoms with Crippen molar-refractivity contribution in [1.82, 2.24) is 10.3 Å². The van der Waals surface area contributed by atoms with Crippen molar-refractivity contribution in [2.45, 2.75) is 4.90 Å². The number of anilines is 2. The van der Waals surface area contributed by atoms with Crippen LogP contribution in [0.15, 0.2) is 143 Å². The summed E-state index contributed by atoms with van der Waals surface area (Å²) >= 11 is 2.72. The largest absolute Gasteiger partial charge is 0.321 e. The van der Waals surface area contributed by atoms with E-state index in [1.165, 1.54) is 23.1 Å². The first-order chi connectivity index (χ1) is 22.5. The number of aromatic nitrogens is 1. The molecule has 0 atom stereocenters. The van der Waals surface area contributed by atoms with Crippen molar-refractivity contribution in [2.75, 3.05) is 16.4 Å². The van der Waals surface area contributed by atoms with Gasteiger partial charge in [0.2, 0.25) is 5.91 Å². The monoisotopic (exact) mass is 640 g/mol. The fraction of sp³-hybridized carbons (Fsp3) is 0.0270. The number of nitrogens with zero attached hydrogens (tertiary/aromatic N) is 1. The van der Waals surface area contributed by atoms with Gasteiger partial charge in [0.25, 0.3) is 11.8 Å². The van der Waals surface area contributed by atoms with E-state index in [1.54, 1.807) is 48.5 Å². The fourth-order valence-electron chi connectivity index (χ4n) is 4.71. The normalized spacial score (nSPS) is 11.2. The lowest BCUT2D eigenvalue weighted by molar-refractivity contribution is -0.114. The van der Waals surface area contributed by atoms with E-state index in [4.69, 9.17) is 0 Å². The highest BCUT2D eigenvalue weighted by Gasteiger charge is 2.16. The Bertz CT molecular complexity index is 2040. The summed E-state index contributed by atoms with van der Waals surface area (Å²) in [4.78, 5) is 44.7. The minimum Gasteiger partial charge on any atom is -0.321 e. The first kappa shape index (κ1) is 30.5. The topological polar surface area (TPSA) is 100 Å². The van der Waals surface area contributed by atoms with Gasteiger partial charge in [-0.1, -0.05) is 97.1 Å². The molecule has 0 saturated carbocycles. The van der Waals surface area contributed by atoms with Crippen LogP contribution < -0.4 is 16.0 Å². The Morgan fingerprint density at radius 3 is 2.30 bits per heavy atom. The number of nitrogens with one attached hydrogen (secondary N) is 3. The van der Waals surface area contributed by atoms with Crippen molar-refractivity contribution in [2.24, 2.45) is 0 Å². The third kappa shape index (κ3) is 7.76. The van der Waals surface area contributed by atoms with Crippen LogP contribution in [0.5, 0.6) is 0 Å². The Morgan fingerprint density at radius 1 is 0.761 bits per heavy atom. The van der Waals surface area contributed by atoms with Crippen LogP contribution in [0.3, 0.4) is 0 Å². The molecule has 0 aliphatic heterocycles. The zero-order valence-corrected chi connectivity index (χ0v) is 26.1. The summed E-state index contributed by atoms with van der Waals surface area (Å²) in [5.41, 5.74) is 3.66. The van der Waals surface area contributed by atoms with Crippen molar-refractivity contribution >= 4 is 68.5 Å². The lowest BCUT2D eigenvalue weighted by Gasteiger charge is -2.13. The highest BCUT2D eigenvalue weighted by Crippen LogP contribution is 2.26. The maximum absolute atomic E-state index is 13.6. The summed E-state index contributed by atoms with van der Waals surface area (Å²) in [6.07, 6.45) is 1.68. The molecule has 1 heterocycles. The number of thioether (sulfide) groups is 1. The molecule has 226 valence electrons. The second-order valence-electron chi connectivity index (χ2n) is 10.2. The molecule has 5 aromatic carbocycles. The molecule has 6 rings (SSSR count). The summed E-state index contributed by atoms with van der Waals surface area (Å²) in [6, 6.07) is 39.4. The lowest BCUT2D eigenvalue weighted by Crippen LogP contribution is -2.30. The summed E-state index contributed by atoms with van der Waals surface area (Å²) in [7, 11) is 0. The Kier molecular flexibility index (Phi) is 9.63. The average Bonchev–Trinajstić information content (AvgIpc) is 3.56. The Labute approximate surface area is 274 Å². The molecule has 0 radical (unpaired) electrons. The predicted octanol–water partition coefficient (Wildman–Crippen LogP) is 8.10. The molecule has 0 spiro atoms. The second kappa shape index (κ2) is 14.5. The molecule has 9 heteroatoms. The number of carbonyl (C=O) groups excluding carboxylic acids is 3. The number of rotatable bonds is 10. The number of benzene rings is 5. The van der Waals surface area contributed by atoms with Crippen molar-refractivity contribution in [3.8, 4) is 11.3 Å². The highest BCUT2D eigenvalue weighted by atomic mass is 32.2.